The number of methoxy groups -OCH3 is 2. The molecule has 1 atom stereocenters. The molecule has 5 aromatic rings. The molecule has 1 heterocycles. The number of fused-ring (bicyclic) bond motifs is 1. The summed E-state index contributed by atoms with van der Waals surface area (Å²) in [6.45, 7) is 0.104. The quantitative estimate of drug-likeness (QED) is 0.264. The van der Waals surface area contributed by atoms with Crippen molar-refractivity contribution in [2.24, 2.45) is 7.05 Å². The fourth-order valence-corrected chi connectivity index (χ4v) is 4.75. The summed E-state index contributed by atoms with van der Waals surface area (Å²) < 4.78 is 18.5. The minimum Gasteiger partial charge on any atom is -0.497 e. The summed E-state index contributed by atoms with van der Waals surface area (Å²) in [6.07, 6.45) is -0.925. The van der Waals surface area contributed by atoms with Crippen LogP contribution in [-0.4, -0.2) is 24.7 Å². The van der Waals surface area contributed by atoms with Gasteiger partial charge in [0.05, 0.1) is 20.8 Å². The Kier molecular flexibility index (Phi) is 7.82. The van der Waals surface area contributed by atoms with Crippen LogP contribution in [0.25, 0.3) is 21.9 Å². The fourth-order valence-electron chi connectivity index (χ4n) is 4.75. The second-order valence-electron chi connectivity index (χ2n) is 9.27. The Morgan fingerprint density at radius 2 is 1.40 bits per heavy atom. The molecular formula is C33H30N2O5. The average molecular weight is 535 g/mol. The van der Waals surface area contributed by atoms with E-state index in [9.17, 15) is 9.59 Å². The van der Waals surface area contributed by atoms with Crippen molar-refractivity contribution in [1.29, 1.82) is 0 Å². The number of nitrogens with one attached hydrogen (secondary N) is 1. The number of amides is 1. The van der Waals surface area contributed by atoms with Gasteiger partial charge < -0.3 is 24.1 Å². The molecule has 0 aliphatic carbocycles. The molecule has 202 valence electrons. The molecule has 0 saturated carbocycles. The maximum atomic E-state index is 13.7. The Balaban J connectivity index is 1.55. The van der Waals surface area contributed by atoms with Gasteiger partial charge in [0.25, 0.3) is 11.5 Å². The van der Waals surface area contributed by atoms with E-state index < -0.39 is 6.10 Å². The summed E-state index contributed by atoms with van der Waals surface area (Å²) in [7, 11) is 4.91. The standard InChI is InChI=1S/C33H30N2O5/c1-35-29(30(22-10-6-4-7-11-22)28-20-26(39-3)18-19-27(28)33(35)37)21-34-32(36)31(40-25-12-8-5-9-13-25)23-14-16-24(38-2)17-15-23/h4-20,31H,21H2,1-3H3,(H,34,36). The average Bonchev–Trinajstić information content (AvgIpc) is 3.01. The van der Waals surface area contributed by atoms with Gasteiger partial charge in [0, 0.05) is 34.6 Å². The van der Waals surface area contributed by atoms with E-state index in [1.807, 2.05) is 54.6 Å². The SMILES string of the molecule is COc1ccc(C(Oc2ccccc2)C(=O)NCc2c(-c3ccccc3)c3cc(OC)ccc3c(=O)n2C)cc1. The van der Waals surface area contributed by atoms with Crippen LogP contribution in [0, 0.1) is 0 Å². The predicted molar refractivity (Wildman–Crippen MR) is 156 cm³/mol. The van der Waals surface area contributed by atoms with Crippen molar-refractivity contribution in [3.05, 3.63) is 125 Å². The van der Waals surface area contributed by atoms with Gasteiger partial charge in [0.15, 0.2) is 0 Å². The van der Waals surface area contributed by atoms with Crippen LogP contribution in [0.5, 0.6) is 17.2 Å². The first-order chi connectivity index (χ1) is 19.5. The normalized spacial score (nSPS) is 11.6. The van der Waals surface area contributed by atoms with E-state index in [4.69, 9.17) is 14.2 Å². The van der Waals surface area contributed by atoms with Crippen LogP contribution in [0.4, 0.5) is 0 Å². The van der Waals surface area contributed by atoms with Gasteiger partial charge in [0.2, 0.25) is 6.10 Å². The Labute approximate surface area is 232 Å². The first-order valence-corrected chi connectivity index (χ1v) is 12.9. The topological polar surface area (TPSA) is 78.8 Å². The first kappa shape index (κ1) is 26.6. The largest absolute Gasteiger partial charge is 0.497 e. The molecule has 0 aliphatic heterocycles. The minimum atomic E-state index is -0.925. The van der Waals surface area contributed by atoms with Gasteiger partial charge in [-0.3, -0.25) is 9.59 Å². The van der Waals surface area contributed by atoms with Crippen LogP contribution in [0.1, 0.15) is 17.4 Å². The minimum absolute atomic E-state index is 0.104. The molecule has 0 saturated heterocycles. The number of para-hydroxylation sites is 1. The third kappa shape index (κ3) is 5.40. The summed E-state index contributed by atoms with van der Waals surface area (Å²) in [5, 5.41) is 4.36. The van der Waals surface area contributed by atoms with Crippen LogP contribution in [0.15, 0.2) is 108 Å². The number of ether oxygens (including phenoxy) is 3. The van der Waals surface area contributed by atoms with Gasteiger partial charge in [-0.05, 0) is 48.0 Å². The summed E-state index contributed by atoms with van der Waals surface area (Å²) in [4.78, 5) is 27.1. The van der Waals surface area contributed by atoms with Crippen LogP contribution >= 0.6 is 0 Å². The molecule has 1 N–H and O–H groups in total. The lowest BCUT2D eigenvalue weighted by Crippen LogP contribution is -2.34. The van der Waals surface area contributed by atoms with E-state index in [-0.39, 0.29) is 18.0 Å². The second kappa shape index (κ2) is 11.8. The molecule has 0 aliphatic rings. The molecule has 7 heteroatoms. The van der Waals surface area contributed by atoms with Crippen molar-refractivity contribution in [2.75, 3.05) is 14.2 Å². The van der Waals surface area contributed by atoms with E-state index in [1.54, 1.807) is 74.4 Å². The van der Waals surface area contributed by atoms with Gasteiger partial charge in [-0.1, -0.05) is 60.7 Å². The third-order valence-electron chi connectivity index (χ3n) is 6.87. The number of hydrogen-bond acceptors (Lipinski definition) is 5. The van der Waals surface area contributed by atoms with Crippen molar-refractivity contribution >= 4 is 16.7 Å². The number of pyridine rings is 1. The van der Waals surface area contributed by atoms with Crippen molar-refractivity contribution in [1.82, 2.24) is 9.88 Å². The van der Waals surface area contributed by atoms with Crippen LogP contribution < -0.4 is 25.1 Å². The Morgan fingerprint density at radius 1 is 0.775 bits per heavy atom. The predicted octanol–water partition coefficient (Wildman–Crippen LogP) is 5.66. The first-order valence-electron chi connectivity index (χ1n) is 12.9. The second-order valence-corrected chi connectivity index (χ2v) is 9.27. The fraction of sp³-hybridized carbons (Fsp3) is 0.152. The zero-order valence-electron chi connectivity index (χ0n) is 22.6. The molecule has 7 nitrogen and oxygen atoms in total. The number of aromatic nitrogens is 1. The van der Waals surface area contributed by atoms with Gasteiger partial charge in [0.1, 0.15) is 17.2 Å². The molecule has 0 fully saturated rings. The zero-order chi connectivity index (χ0) is 28.1. The van der Waals surface area contributed by atoms with Gasteiger partial charge in [-0.2, -0.15) is 0 Å². The molecule has 40 heavy (non-hydrogen) atoms. The highest BCUT2D eigenvalue weighted by Crippen LogP contribution is 2.33. The van der Waals surface area contributed by atoms with Crippen LogP contribution in [0.2, 0.25) is 0 Å². The van der Waals surface area contributed by atoms with Crippen molar-refractivity contribution in [2.45, 2.75) is 12.6 Å². The Bertz CT molecular complexity index is 1680. The number of benzene rings is 4. The van der Waals surface area contributed by atoms with E-state index in [0.717, 1.165) is 16.5 Å². The highest BCUT2D eigenvalue weighted by atomic mass is 16.5. The summed E-state index contributed by atoms with van der Waals surface area (Å²) in [5.41, 5.74) is 2.95. The maximum absolute atomic E-state index is 13.7. The smallest absolute Gasteiger partial charge is 0.266 e. The Hall–Kier alpha value is -5.04. The zero-order valence-corrected chi connectivity index (χ0v) is 22.6. The lowest BCUT2D eigenvalue weighted by Gasteiger charge is -2.22. The maximum Gasteiger partial charge on any atom is 0.266 e. The lowest BCUT2D eigenvalue weighted by molar-refractivity contribution is -0.128. The third-order valence-corrected chi connectivity index (χ3v) is 6.87. The van der Waals surface area contributed by atoms with Crippen LogP contribution in [0.3, 0.4) is 0 Å². The van der Waals surface area contributed by atoms with Crippen molar-refractivity contribution < 1.29 is 19.0 Å². The number of carbonyl (C=O) groups is 1. The number of hydrogen-bond donors (Lipinski definition) is 1. The molecular weight excluding hydrogens is 504 g/mol. The molecule has 1 amide bonds. The number of carbonyl (C=O) groups excluding carboxylic acids is 1. The molecule has 0 spiro atoms. The summed E-state index contributed by atoms with van der Waals surface area (Å²) >= 11 is 0. The van der Waals surface area contributed by atoms with Gasteiger partial charge in [-0.25, -0.2) is 0 Å². The van der Waals surface area contributed by atoms with Gasteiger partial charge in [-0.15, -0.1) is 0 Å². The van der Waals surface area contributed by atoms with E-state index in [2.05, 4.69) is 5.32 Å². The molecule has 0 radical (unpaired) electrons. The summed E-state index contributed by atoms with van der Waals surface area (Å²) in [5.74, 6) is 1.54. The molecule has 1 aromatic heterocycles. The highest BCUT2D eigenvalue weighted by Gasteiger charge is 2.24. The monoisotopic (exact) mass is 534 g/mol. The molecule has 0 bridgehead atoms. The van der Waals surface area contributed by atoms with Crippen LogP contribution in [-0.2, 0) is 18.4 Å². The van der Waals surface area contributed by atoms with E-state index in [0.29, 0.717) is 33.9 Å². The lowest BCUT2D eigenvalue weighted by atomic mass is 9.96. The molecule has 1 unspecified atom stereocenters. The van der Waals surface area contributed by atoms with E-state index in [1.165, 1.54) is 0 Å². The molecule has 4 aromatic carbocycles. The van der Waals surface area contributed by atoms with Crippen molar-refractivity contribution in [3.8, 4) is 28.4 Å². The van der Waals surface area contributed by atoms with E-state index >= 15 is 0 Å². The number of nitrogens with zero attached hydrogens (tertiary/aromatic N) is 1. The van der Waals surface area contributed by atoms with Gasteiger partial charge >= 0.3 is 0 Å². The summed E-state index contributed by atoms with van der Waals surface area (Å²) in [6, 6.07) is 31.6. The van der Waals surface area contributed by atoms with Crippen molar-refractivity contribution in [3.63, 3.8) is 0 Å². The Morgan fingerprint density at radius 3 is 2.05 bits per heavy atom. The highest BCUT2D eigenvalue weighted by molar-refractivity contribution is 5.98. The number of rotatable bonds is 9. The molecule has 5 rings (SSSR count).